The molecule has 2 aromatic rings. The van der Waals surface area contributed by atoms with Crippen LogP contribution in [0.1, 0.15) is 57.1 Å². The third-order valence-corrected chi connectivity index (χ3v) is 4.79. The molecule has 1 heterocycles. The first-order valence-corrected chi connectivity index (χ1v) is 8.67. The van der Waals surface area contributed by atoms with Crippen molar-refractivity contribution in [2.75, 3.05) is 0 Å². The summed E-state index contributed by atoms with van der Waals surface area (Å²) in [5.41, 5.74) is 1.16. The highest BCUT2D eigenvalue weighted by molar-refractivity contribution is 5.77. The summed E-state index contributed by atoms with van der Waals surface area (Å²) in [6, 6.07) is 9.73. The van der Waals surface area contributed by atoms with E-state index in [1.165, 1.54) is 0 Å². The molecule has 0 saturated heterocycles. The molecule has 3 rings (SSSR count). The minimum Gasteiger partial charge on any atom is -0.389 e. The lowest BCUT2D eigenvalue weighted by atomic mass is 9.82. The first kappa shape index (κ1) is 16.7. The molecule has 1 aliphatic carbocycles. The summed E-state index contributed by atoms with van der Waals surface area (Å²) in [7, 11) is 0. The Morgan fingerprint density at radius 1 is 1.33 bits per heavy atom. The Labute approximate surface area is 142 Å². The number of nitrogens with one attached hydrogen (secondary N) is 1. The van der Waals surface area contributed by atoms with Gasteiger partial charge in [-0.2, -0.15) is 5.10 Å². The Balaban J connectivity index is 1.63. The Morgan fingerprint density at radius 2 is 2.12 bits per heavy atom. The van der Waals surface area contributed by atoms with Crippen LogP contribution in [0.25, 0.3) is 5.69 Å². The Hall–Kier alpha value is -2.14. The van der Waals surface area contributed by atoms with E-state index in [0.717, 1.165) is 43.4 Å². The topological polar surface area (TPSA) is 67.2 Å². The molecule has 1 fully saturated rings. The van der Waals surface area contributed by atoms with Gasteiger partial charge in [0.1, 0.15) is 0 Å². The highest BCUT2D eigenvalue weighted by Crippen LogP contribution is 2.31. The number of nitrogens with zero attached hydrogens (tertiary/aromatic N) is 2. The average molecular weight is 327 g/mol. The highest BCUT2D eigenvalue weighted by Gasteiger charge is 2.32. The standard InChI is InChI=1S/C19H25N3O2/c1-15(21-18(23)14-19(24)9-3-2-4-10-19)16-7-5-8-17(13-16)22-12-6-11-20-22/h5-8,11-13,15,24H,2-4,9-10,14H2,1H3,(H,21,23). The Bertz CT molecular complexity index is 676. The van der Waals surface area contributed by atoms with E-state index in [-0.39, 0.29) is 18.4 Å². The van der Waals surface area contributed by atoms with Crippen LogP contribution in [0.5, 0.6) is 0 Å². The van der Waals surface area contributed by atoms with Crippen molar-refractivity contribution in [1.29, 1.82) is 0 Å². The first-order valence-electron chi connectivity index (χ1n) is 8.67. The number of benzene rings is 1. The third kappa shape index (κ3) is 4.03. The van der Waals surface area contributed by atoms with Gasteiger partial charge < -0.3 is 10.4 Å². The number of aliphatic hydroxyl groups is 1. The zero-order chi connectivity index (χ0) is 17.0. The summed E-state index contributed by atoms with van der Waals surface area (Å²) >= 11 is 0. The number of aromatic nitrogens is 2. The second-order valence-electron chi connectivity index (χ2n) is 6.80. The normalized spacial score (nSPS) is 18.1. The zero-order valence-corrected chi connectivity index (χ0v) is 14.1. The van der Waals surface area contributed by atoms with Crippen LogP contribution in [0.4, 0.5) is 0 Å². The number of carbonyl (C=O) groups excluding carboxylic acids is 1. The van der Waals surface area contributed by atoms with Crippen molar-refractivity contribution in [1.82, 2.24) is 15.1 Å². The van der Waals surface area contributed by atoms with Crippen molar-refractivity contribution in [3.8, 4) is 5.69 Å². The number of carbonyl (C=O) groups is 1. The predicted molar refractivity (Wildman–Crippen MR) is 92.8 cm³/mol. The van der Waals surface area contributed by atoms with Gasteiger partial charge in [-0.15, -0.1) is 0 Å². The van der Waals surface area contributed by atoms with Crippen LogP contribution in [0, 0.1) is 0 Å². The molecule has 1 amide bonds. The third-order valence-electron chi connectivity index (χ3n) is 4.79. The van der Waals surface area contributed by atoms with Gasteiger partial charge in [0.15, 0.2) is 0 Å². The molecule has 1 unspecified atom stereocenters. The lowest BCUT2D eigenvalue weighted by Crippen LogP contribution is -2.39. The largest absolute Gasteiger partial charge is 0.389 e. The van der Waals surface area contributed by atoms with Crippen molar-refractivity contribution < 1.29 is 9.90 Å². The summed E-state index contributed by atoms with van der Waals surface area (Å²) in [6.45, 7) is 1.96. The first-order chi connectivity index (χ1) is 11.6. The van der Waals surface area contributed by atoms with Gasteiger partial charge in [0, 0.05) is 12.4 Å². The summed E-state index contributed by atoms with van der Waals surface area (Å²) in [6.07, 6.45) is 8.43. The van der Waals surface area contributed by atoms with E-state index in [4.69, 9.17) is 0 Å². The van der Waals surface area contributed by atoms with Gasteiger partial charge in [-0.1, -0.05) is 31.4 Å². The van der Waals surface area contributed by atoms with Crippen molar-refractivity contribution in [3.05, 3.63) is 48.3 Å². The molecule has 0 aliphatic heterocycles. The second-order valence-corrected chi connectivity index (χ2v) is 6.80. The van der Waals surface area contributed by atoms with Crippen LogP contribution in [-0.2, 0) is 4.79 Å². The Morgan fingerprint density at radius 3 is 2.83 bits per heavy atom. The van der Waals surface area contributed by atoms with Gasteiger partial charge in [0.2, 0.25) is 5.91 Å². The molecule has 1 atom stereocenters. The zero-order valence-electron chi connectivity index (χ0n) is 14.1. The maximum absolute atomic E-state index is 12.3. The maximum Gasteiger partial charge on any atom is 0.223 e. The average Bonchev–Trinajstić information content (AvgIpc) is 3.09. The van der Waals surface area contributed by atoms with E-state index in [1.807, 2.05) is 43.5 Å². The number of amides is 1. The SMILES string of the molecule is CC(NC(=O)CC1(O)CCCCC1)c1cccc(-n2cccn2)c1. The predicted octanol–water partition coefficient (Wildman–Crippen LogP) is 3.13. The molecule has 0 spiro atoms. The van der Waals surface area contributed by atoms with Crippen molar-refractivity contribution >= 4 is 5.91 Å². The molecule has 5 heteroatoms. The maximum atomic E-state index is 12.3. The lowest BCUT2D eigenvalue weighted by Gasteiger charge is -2.31. The smallest absolute Gasteiger partial charge is 0.223 e. The number of hydrogen-bond acceptors (Lipinski definition) is 3. The van der Waals surface area contributed by atoms with E-state index in [2.05, 4.69) is 10.4 Å². The number of hydrogen-bond donors (Lipinski definition) is 2. The van der Waals surface area contributed by atoms with Crippen LogP contribution in [0.3, 0.4) is 0 Å². The summed E-state index contributed by atoms with van der Waals surface area (Å²) in [4.78, 5) is 12.3. The Kier molecular flexibility index (Phi) is 5.00. The van der Waals surface area contributed by atoms with Crippen molar-refractivity contribution in [2.45, 2.75) is 57.1 Å². The van der Waals surface area contributed by atoms with Crippen LogP contribution in [0.2, 0.25) is 0 Å². The van der Waals surface area contributed by atoms with Gasteiger partial charge in [-0.3, -0.25) is 4.79 Å². The van der Waals surface area contributed by atoms with Crippen molar-refractivity contribution in [2.24, 2.45) is 0 Å². The van der Waals surface area contributed by atoms with Crippen LogP contribution in [-0.4, -0.2) is 26.4 Å². The number of rotatable bonds is 5. The quantitative estimate of drug-likeness (QED) is 0.886. The van der Waals surface area contributed by atoms with Gasteiger partial charge in [-0.25, -0.2) is 4.68 Å². The fourth-order valence-corrected chi connectivity index (χ4v) is 3.42. The molecule has 128 valence electrons. The monoisotopic (exact) mass is 327 g/mol. The molecule has 1 aromatic carbocycles. The van der Waals surface area contributed by atoms with E-state index in [9.17, 15) is 9.90 Å². The molecular formula is C19H25N3O2. The van der Waals surface area contributed by atoms with E-state index < -0.39 is 5.60 Å². The van der Waals surface area contributed by atoms with E-state index >= 15 is 0 Å². The van der Waals surface area contributed by atoms with Crippen LogP contribution >= 0.6 is 0 Å². The summed E-state index contributed by atoms with van der Waals surface area (Å²) in [5.74, 6) is -0.0867. The highest BCUT2D eigenvalue weighted by atomic mass is 16.3. The molecule has 2 N–H and O–H groups in total. The van der Waals surface area contributed by atoms with Crippen molar-refractivity contribution in [3.63, 3.8) is 0 Å². The second kappa shape index (κ2) is 7.18. The van der Waals surface area contributed by atoms with Gasteiger partial charge in [0.05, 0.1) is 23.8 Å². The fourth-order valence-electron chi connectivity index (χ4n) is 3.42. The fraction of sp³-hybridized carbons (Fsp3) is 0.474. The minimum absolute atomic E-state index is 0.0867. The van der Waals surface area contributed by atoms with Crippen LogP contribution in [0.15, 0.2) is 42.7 Å². The molecule has 1 aliphatic rings. The van der Waals surface area contributed by atoms with E-state index in [1.54, 1.807) is 10.9 Å². The van der Waals surface area contributed by atoms with Gasteiger partial charge in [-0.05, 0) is 43.5 Å². The molecule has 0 bridgehead atoms. The molecule has 0 radical (unpaired) electrons. The lowest BCUT2D eigenvalue weighted by molar-refractivity contribution is -0.128. The van der Waals surface area contributed by atoms with E-state index in [0.29, 0.717) is 0 Å². The van der Waals surface area contributed by atoms with Crippen LogP contribution < -0.4 is 5.32 Å². The summed E-state index contributed by atoms with van der Waals surface area (Å²) < 4.78 is 1.79. The van der Waals surface area contributed by atoms with Gasteiger partial charge in [0.25, 0.3) is 0 Å². The molecule has 1 aromatic heterocycles. The molecular weight excluding hydrogens is 302 g/mol. The molecule has 1 saturated carbocycles. The minimum atomic E-state index is -0.820. The summed E-state index contributed by atoms with van der Waals surface area (Å²) in [5, 5.41) is 17.8. The van der Waals surface area contributed by atoms with Gasteiger partial charge >= 0.3 is 0 Å². The molecule has 5 nitrogen and oxygen atoms in total. The molecule has 24 heavy (non-hydrogen) atoms.